The van der Waals surface area contributed by atoms with E-state index in [0.717, 1.165) is 16.9 Å². The molecule has 1 unspecified atom stereocenters. The molecule has 0 saturated carbocycles. The van der Waals surface area contributed by atoms with Crippen molar-refractivity contribution < 1.29 is 14.6 Å². The predicted molar refractivity (Wildman–Crippen MR) is 80.2 cm³/mol. The van der Waals surface area contributed by atoms with Gasteiger partial charge in [-0.2, -0.15) is 0 Å². The molecule has 1 N–H and O–H groups in total. The van der Waals surface area contributed by atoms with E-state index in [-0.39, 0.29) is 0 Å². The van der Waals surface area contributed by atoms with Crippen molar-refractivity contribution in [2.75, 3.05) is 13.2 Å². The molecule has 0 radical (unpaired) electrons. The average Bonchev–Trinajstić information content (AvgIpc) is 2.72. The average molecular weight is 311 g/mol. The van der Waals surface area contributed by atoms with Crippen molar-refractivity contribution in [1.29, 1.82) is 0 Å². The zero-order chi connectivity index (χ0) is 14.1. The highest BCUT2D eigenvalue weighted by Gasteiger charge is 2.21. The summed E-state index contributed by atoms with van der Waals surface area (Å²) in [4.78, 5) is 0.904. The van der Waals surface area contributed by atoms with Gasteiger partial charge in [0.25, 0.3) is 0 Å². The van der Waals surface area contributed by atoms with Crippen LogP contribution in [-0.4, -0.2) is 18.3 Å². The molecule has 3 rings (SSSR count). The number of aliphatic hydroxyl groups excluding tert-OH is 1. The molecular weight excluding hydrogens is 296 g/mol. The van der Waals surface area contributed by atoms with Gasteiger partial charge in [-0.05, 0) is 30.0 Å². The van der Waals surface area contributed by atoms with Crippen LogP contribution in [0.25, 0.3) is 0 Å². The van der Waals surface area contributed by atoms with E-state index in [0.29, 0.717) is 35.3 Å². The van der Waals surface area contributed by atoms with Gasteiger partial charge in [-0.15, -0.1) is 11.3 Å². The Balaban J connectivity index is 2.01. The van der Waals surface area contributed by atoms with E-state index in [4.69, 9.17) is 21.1 Å². The molecule has 0 spiro atoms. The maximum absolute atomic E-state index is 10.5. The molecule has 106 valence electrons. The number of aryl methyl sites for hydroxylation is 1. The van der Waals surface area contributed by atoms with Crippen molar-refractivity contribution in [1.82, 2.24) is 0 Å². The molecule has 1 atom stereocenters. The molecule has 0 saturated heterocycles. The quantitative estimate of drug-likeness (QED) is 0.912. The smallest absolute Gasteiger partial charge is 0.162 e. The van der Waals surface area contributed by atoms with Gasteiger partial charge in [0.15, 0.2) is 11.5 Å². The van der Waals surface area contributed by atoms with E-state index < -0.39 is 6.10 Å². The Kier molecular flexibility index (Phi) is 3.87. The standard InChI is InChI=1S/C15H15ClO3S/c1-9-3-6-20-15(9)14(17)10-7-12-13(8-11(10)16)19-5-2-4-18-12/h3,6-8,14,17H,2,4-5H2,1H3. The molecule has 1 aromatic carbocycles. The first-order valence-corrected chi connectivity index (χ1v) is 7.73. The van der Waals surface area contributed by atoms with E-state index in [1.807, 2.05) is 18.4 Å². The van der Waals surface area contributed by atoms with Crippen LogP contribution in [-0.2, 0) is 0 Å². The van der Waals surface area contributed by atoms with Crippen LogP contribution in [0.5, 0.6) is 11.5 Å². The monoisotopic (exact) mass is 310 g/mol. The second-order valence-corrected chi connectivity index (χ2v) is 6.10. The van der Waals surface area contributed by atoms with Crippen molar-refractivity contribution in [3.8, 4) is 11.5 Å². The lowest BCUT2D eigenvalue weighted by molar-refractivity contribution is 0.222. The van der Waals surface area contributed by atoms with Gasteiger partial charge in [0.05, 0.1) is 18.2 Å². The zero-order valence-electron chi connectivity index (χ0n) is 11.1. The molecule has 0 fully saturated rings. The fourth-order valence-electron chi connectivity index (χ4n) is 2.21. The van der Waals surface area contributed by atoms with E-state index >= 15 is 0 Å². The second-order valence-electron chi connectivity index (χ2n) is 4.74. The van der Waals surface area contributed by atoms with Crippen molar-refractivity contribution in [2.24, 2.45) is 0 Å². The Morgan fingerprint density at radius 3 is 2.60 bits per heavy atom. The number of hydrogen-bond donors (Lipinski definition) is 1. The Hall–Kier alpha value is -1.23. The fraction of sp³-hybridized carbons (Fsp3) is 0.333. The minimum atomic E-state index is -0.736. The maximum Gasteiger partial charge on any atom is 0.162 e. The highest BCUT2D eigenvalue weighted by Crippen LogP contribution is 2.40. The van der Waals surface area contributed by atoms with Crippen LogP contribution in [0, 0.1) is 6.92 Å². The summed E-state index contributed by atoms with van der Waals surface area (Å²) in [5, 5.41) is 13.0. The summed E-state index contributed by atoms with van der Waals surface area (Å²) in [5.41, 5.74) is 1.71. The molecule has 1 aliphatic heterocycles. The predicted octanol–water partition coefficient (Wildman–Crippen LogP) is 3.95. The number of fused-ring (bicyclic) bond motifs is 1. The van der Waals surface area contributed by atoms with E-state index in [1.165, 1.54) is 11.3 Å². The third-order valence-corrected chi connectivity index (χ3v) is 4.71. The Bertz CT molecular complexity index is 624. The van der Waals surface area contributed by atoms with Crippen LogP contribution in [0.1, 0.15) is 28.5 Å². The summed E-state index contributed by atoms with van der Waals surface area (Å²) in [6, 6.07) is 5.50. The first-order valence-electron chi connectivity index (χ1n) is 6.48. The van der Waals surface area contributed by atoms with Crippen molar-refractivity contribution in [2.45, 2.75) is 19.4 Å². The van der Waals surface area contributed by atoms with Gasteiger partial charge in [0, 0.05) is 22.9 Å². The summed E-state index contributed by atoms with van der Waals surface area (Å²) in [5.74, 6) is 1.29. The van der Waals surface area contributed by atoms with Crippen LogP contribution in [0.4, 0.5) is 0 Å². The molecule has 20 heavy (non-hydrogen) atoms. The summed E-state index contributed by atoms with van der Waals surface area (Å²) >= 11 is 7.81. The van der Waals surface area contributed by atoms with Crippen molar-refractivity contribution in [3.63, 3.8) is 0 Å². The van der Waals surface area contributed by atoms with Crippen LogP contribution >= 0.6 is 22.9 Å². The summed E-state index contributed by atoms with van der Waals surface area (Å²) in [6.45, 7) is 3.21. The van der Waals surface area contributed by atoms with Gasteiger partial charge in [-0.1, -0.05) is 11.6 Å². The minimum Gasteiger partial charge on any atom is -0.490 e. The van der Waals surface area contributed by atoms with Gasteiger partial charge >= 0.3 is 0 Å². The molecule has 0 aliphatic carbocycles. The molecule has 5 heteroatoms. The van der Waals surface area contributed by atoms with Crippen molar-refractivity contribution >= 4 is 22.9 Å². The Morgan fingerprint density at radius 2 is 1.95 bits per heavy atom. The summed E-state index contributed by atoms with van der Waals surface area (Å²) in [6.07, 6.45) is 0.105. The van der Waals surface area contributed by atoms with Crippen LogP contribution in [0.15, 0.2) is 23.6 Å². The summed E-state index contributed by atoms with van der Waals surface area (Å²) < 4.78 is 11.2. The Labute approximate surface area is 126 Å². The van der Waals surface area contributed by atoms with Gasteiger partial charge in [0.2, 0.25) is 0 Å². The summed E-state index contributed by atoms with van der Waals surface area (Å²) in [7, 11) is 0. The highest BCUT2D eigenvalue weighted by atomic mass is 35.5. The van der Waals surface area contributed by atoms with Crippen molar-refractivity contribution in [3.05, 3.63) is 44.6 Å². The number of aliphatic hydroxyl groups is 1. The number of ether oxygens (including phenoxy) is 2. The van der Waals surface area contributed by atoms with Crippen LogP contribution in [0.2, 0.25) is 5.02 Å². The Morgan fingerprint density at radius 1 is 1.25 bits per heavy atom. The van der Waals surface area contributed by atoms with E-state index in [9.17, 15) is 5.11 Å². The molecule has 1 aliphatic rings. The topological polar surface area (TPSA) is 38.7 Å². The van der Waals surface area contributed by atoms with Gasteiger partial charge in [-0.3, -0.25) is 0 Å². The third kappa shape index (κ3) is 2.51. The number of rotatable bonds is 2. The number of thiophene rings is 1. The minimum absolute atomic E-state index is 0.495. The molecule has 1 aromatic heterocycles. The lowest BCUT2D eigenvalue weighted by Gasteiger charge is -2.16. The number of halogens is 1. The molecule has 0 amide bonds. The van der Waals surface area contributed by atoms with Crippen LogP contribution in [0.3, 0.4) is 0 Å². The van der Waals surface area contributed by atoms with Crippen LogP contribution < -0.4 is 9.47 Å². The second kappa shape index (κ2) is 5.64. The zero-order valence-corrected chi connectivity index (χ0v) is 12.6. The largest absolute Gasteiger partial charge is 0.490 e. The first kappa shape index (κ1) is 13.7. The molecular formula is C15H15ClO3S. The fourth-order valence-corrected chi connectivity index (χ4v) is 3.40. The number of hydrogen-bond acceptors (Lipinski definition) is 4. The van der Waals surface area contributed by atoms with Gasteiger partial charge in [0.1, 0.15) is 6.10 Å². The van der Waals surface area contributed by atoms with Gasteiger partial charge in [-0.25, -0.2) is 0 Å². The maximum atomic E-state index is 10.5. The molecule has 0 bridgehead atoms. The SMILES string of the molecule is Cc1ccsc1C(O)c1cc2c(cc1Cl)OCCCO2. The van der Waals surface area contributed by atoms with E-state index in [2.05, 4.69) is 0 Å². The first-order chi connectivity index (χ1) is 9.66. The molecule has 3 nitrogen and oxygen atoms in total. The lowest BCUT2D eigenvalue weighted by atomic mass is 10.0. The van der Waals surface area contributed by atoms with E-state index in [1.54, 1.807) is 12.1 Å². The normalized spacial score (nSPS) is 15.8. The molecule has 2 heterocycles. The highest BCUT2D eigenvalue weighted by molar-refractivity contribution is 7.10. The number of benzene rings is 1. The van der Waals surface area contributed by atoms with Gasteiger partial charge < -0.3 is 14.6 Å². The lowest BCUT2D eigenvalue weighted by Crippen LogP contribution is -2.02. The third-order valence-electron chi connectivity index (χ3n) is 3.31. The molecule has 2 aromatic rings.